The van der Waals surface area contributed by atoms with E-state index in [9.17, 15) is 0 Å². The van der Waals surface area contributed by atoms with Crippen LogP contribution in [-0.2, 0) is 4.74 Å². The summed E-state index contributed by atoms with van der Waals surface area (Å²) in [7, 11) is 0. The lowest BCUT2D eigenvalue weighted by Gasteiger charge is -2.30. The molecule has 1 aliphatic rings. The van der Waals surface area contributed by atoms with E-state index in [0.29, 0.717) is 12.0 Å². The van der Waals surface area contributed by atoms with Gasteiger partial charge in [0, 0.05) is 31.2 Å². The molecule has 0 radical (unpaired) electrons. The van der Waals surface area contributed by atoms with Gasteiger partial charge in [0.25, 0.3) is 0 Å². The first-order valence-electron chi connectivity index (χ1n) is 6.55. The van der Waals surface area contributed by atoms with Gasteiger partial charge in [-0.25, -0.2) is 0 Å². The van der Waals surface area contributed by atoms with Crippen molar-refractivity contribution in [1.29, 1.82) is 0 Å². The van der Waals surface area contributed by atoms with Crippen molar-refractivity contribution >= 4 is 0 Å². The number of hydrogen-bond acceptors (Lipinski definition) is 3. The molecule has 3 nitrogen and oxygen atoms in total. The van der Waals surface area contributed by atoms with Crippen LogP contribution in [0.25, 0.3) is 0 Å². The van der Waals surface area contributed by atoms with Gasteiger partial charge in [-0.15, -0.1) is 0 Å². The van der Waals surface area contributed by atoms with Gasteiger partial charge in [-0.1, -0.05) is 20.3 Å². The first-order valence-corrected chi connectivity index (χ1v) is 6.55. The van der Waals surface area contributed by atoms with E-state index < -0.39 is 0 Å². The van der Waals surface area contributed by atoms with Crippen LogP contribution in [0.4, 0.5) is 0 Å². The van der Waals surface area contributed by atoms with Crippen molar-refractivity contribution in [1.82, 2.24) is 5.32 Å². The minimum Gasteiger partial charge on any atom is -0.396 e. The molecule has 0 saturated carbocycles. The molecule has 0 aliphatic carbocycles. The number of rotatable bonds is 7. The molecule has 1 saturated heterocycles. The predicted molar refractivity (Wildman–Crippen MR) is 66.5 cm³/mol. The third-order valence-corrected chi connectivity index (χ3v) is 4.12. The van der Waals surface area contributed by atoms with Gasteiger partial charge >= 0.3 is 0 Å². The summed E-state index contributed by atoms with van der Waals surface area (Å²) in [6.07, 6.45) is 3.14. The van der Waals surface area contributed by atoms with Crippen LogP contribution in [0.2, 0.25) is 0 Å². The summed E-state index contributed by atoms with van der Waals surface area (Å²) in [5, 5.41) is 12.7. The molecule has 3 heteroatoms. The van der Waals surface area contributed by atoms with Gasteiger partial charge in [0.15, 0.2) is 0 Å². The summed E-state index contributed by atoms with van der Waals surface area (Å²) in [6, 6.07) is 0.543. The summed E-state index contributed by atoms with van der Waals surface area (Å²) in [4.78, 5) is 0. The van der Waals surface area contributed by atoms with E-state index in [2.05, 4.69) is 26.1 Å². The monoisotopic (exact) mass is 229 g/mol. The normalized spacial score (nSPS) is 29.2. The molecule has 0 bridgehead atoms. The van der Waals surface area contributed by atoms with Crippen LogP contribution < -0.4 is 5.32 Å². The zero-order chi connectivity index (χ0) is 12.0. The molecular formula is C13H27NO2. The highest BCUT2D eigenvalue weighted by Gasteiger charge is 2.34. The lowest BCUT2D eigenvalue weighted by molar-refractivity contribution is 0.120. The lowest BCUT2D eigenvalue weighted by atomic mass is 9.83. The Morgan fingerprint density at radius 1 is 1.44 bits per heavy atom. The molecule has 1 fully saturated rings. The van der Waals surface area contributed by atoms with Crippen LogP contribution in [0.5, 0.6) is 0 Å². The average molecular weight is 229 g/mol. The Bertz CT molecular complexity index is 190. The van der Waals surface area contributed by atoms with Crippen LogP contribution in [0.15, 0.2) is 0 Å². The summed E-state index contributed by atoms with van der Waals surface area (Å²) in [5.41, 5.74) is 0.177. The van der Waals surface area contributed by atoms with E-state index in [-0.39, 0.29) is 12.0 Å². The first kappa shape index (κ1) is 13.9. The number of aliphatic hydroxyl groups excluding tert-OH is 1. The van der Waals surface area contributed by atoms with E-state index in [0.717, 1.165) is 32.6 Å². The summed E-state index contributed by atoms with van der Waals surface area (Å²) in [6.45, 7) is 9.64. The van der Waals surface area contributed by atoms with Crippen molar-refractivity contribution in [2.45, 2.75) is 46.1 Å². The minimum absolute atomic E-state index is 0.177. The van der Waals surface area contributed by atoms with Gasteiger partial charge in [0.1, 0.15) is 0 Å². The topological polar surface area (TPSA) is 41.5 Å². The molecule has 2 N–H and O–H groups in total. The second kappa shape index (κ2) is 6.58. The second-order valence-corrected chi connectivity index (χ2v) is 5.33. The molecule has 0 aromatic carbocycles. The fraction of sp³-hybridized carbons (Fsp3) is 1.00. The van der Waals surface area contributed by atoms with Gasteiger partial charge in [-0.2, -0.15) is 0 Å². The molecule has 3 unspecified atom stereocenters. The molecule has 0 aromatic rings. The van der Waals surface area contributed by atoms with Crippen LogP contribution in [0.3, 0.4) is 0 Å². The molecule has 1 heterocycles. The highest BCUT2D eigenvalue weighted by molar-refractivity contribution is 4.86. The third-order valence-electron chi connectivity index (χ3n) is 4.12. The van der Waals surface area contributed by atoms with Crippen LogP contribution in [-0.4, -0.2) is 37.5 Å². The molecule has 0 amide bonds. The van der Waals surface area contributed by atoms with Crippen molar-refractivity contribution in [2.24, 2.45) is 11.3 Å². The number of aliphatic hydroxyl groups is 1. The number of nitrogens with one attached hydrogen (secondary N) is 1. The first-order chi connectivity index (χ1) is 7.63. The quantitative estimate of drug-likeness (QED) is 0.699. The molecule has 0 spiro atoms. The fourth-order valence-corrected chi connectivity index (χ4v) is 2.24. The Morgan fingerprint density at radius 2 is 2.19 bits per heavy atom. The van der Waals surface area contributed by atoms with Crippen LogP contribution in [0, 0.1) is 11.3 Å². The Morgan fingerprint density at radius 3 is 2.69 bits per heavy atom. The predicted octanol–water partition coefficient (Wildman–Crippen LogP) is 1.80. The van der Waals surface area contributed by atoms with E-state index in [1.54, 1.807) is 0 Å². The Kier molecular flexibility index (Phi) is 5.73. The summed E-state index contributed by atoms with van der Waals surface area (Å²) in [5.74, 6) is 0.702. The van der Waals surface area contributed by atoms with E-state index in [4.69, 9.17) is 9.84 Å². The van der Waals surface area contributed by atoms with Crippen molar-refractivity contribution in [3.63, 3.8) is 0 Å². The largest absolute Gasteiger partial charge is 0.396 e. The highest BCUT2D eigenvalue weighted by atomic mass is 16.5. The van der Waals surface area contributed by atoms with Crippen LogP contribution >= 0.6 is 0 Å². The summed E-state index contributed by atoms with van der Waals surface area (Å²) >= 11 is 0. The van der Waals surface area contributed by atoms with Crippen molar-refractivity contribution in [2.75, 3.05) is 26.4 Å². The number of hydrogen-bond donors (Lipinski definition) is 2. The number of ether oxygens (including phenoxy) is 1. The van der Waals surface area contributed by atoms with Gasteiger partial charge in [0.2, 0.25) is 0 Å². The molecule has 3 atom stereocenters. The molecule has 96 valence electrons. The van der Waals surface area contributed by atoms with Gasteiger partial charge < -0.3 is 15.2 Å². The van der Waals surface area contributed by atoms with E-state index >= 15 is 0 Å². The maximum absolute atomic E-state index is 9.13. The molecule has 1 aliphatic heterocycles. The average Bonchev–Trinajstić information content (AvgIpc) is 2.74. The highest BCUT2D eigenvalue weighted by Crippen LogP contribution is 2.31. The SMILES string of the molecule is CCC(C)C(C)NCC1(CCO)CCOC1. The molecule has 1 rings (SSSR count). The minimum atomic E-state index is 0.177. The zero-order valence-electron chi connectivity index (χ0n) is 11.0. The second-order valence-electron chi connectivity index (χ2n) is 5.33. The lowest BCUT2D eigenvalue weighted by Crippen LogP contribution is -2.42. The molecule has 0 aromatic heterocycles. The maximum Gasteiger partial charge on any atom is 0.0536 e. The van der Waals surface area contributed by atoms with E-state index in [1.165, 1.54) is 6.42 Å². The molecule has 16 heavy (non-hydrogen) atoms. The molecular weight excluding hydrogens is 202 g/mol. The van der Waals surface area contributed by atoms with Crippen LogP contribution in [0.1, 0.15) is 40.0 Å². The zero-order valence-corrected chi connectivity index (χ0v) is 11.0. The van der Waals surface area contributed by atoms with Gasteiger partial charge in [0.05, 0.1) is 6.61 Å². The Labute approximate surface area is 99.6 Å². The van der Waals surface area contributed by atoms with E-state index in [1.807, 2.05) is 0 Å². The van der Waals surface area contributed by atoms with Crippen molar-refractivity contribution in [3.05, 3.63) is 0 Å². The Hall–Kier alpha value is -0.120. The smallest absolute Gasteiger partial charge is 0.0536 e. The fourth-order valence-electron chi connectivity index (χ4n) is 2.24. The Balaban J connectivity index is 2.38. The van der Waals surface area contributed by atoms with Crippen molar-refractivity contribution < 1.29 is 9.84 Å². The standard InChI is InChI=1S/C13H27NO2/c1-4-11(2)12(3)14-9-13(5-7-15)6-8-16-10-13/h11-12,14-15H,4-10H2,1-3H3. The summed E-state index contributed by atoms with van der Waals surface area (Å²) < 4.78 is 5.48. The third kappa shape index (κ3) is 3.72. The van der Waals surface area contributed by atoms with Gasteiger partial charge in [-0.05, 0) is 25.7 Å². The van der Waals surface area contributed by atoms with Crippen molar-refractivity contribution in [3.8, 4) is 0 Å². The van der Waals surface area contributed by atoms with Gasteiger partial charge in [-0.3, -0.25) is 0 Å². The maximum atomic E-state index is 9.13.